The highest BCUT2D eigenvalue weighted by Gasteiger charge is 2.43. The summed E-state index contributed by atoms with van der Waals surface area (Å²) in [5, 5.41) is 12.1. The molecule has 0 radical (unpaired) electrons. The average Bonchev–Trinajstić information content (AvgIpc) is 3.39. The molecule has 1 saturated carbocycles. The number of nitrogens with one attached hydrogen (secondary N) is 1. The van der Waals surface area contributed by atoms with Crippen molar-refractivity contribution < 1.29 is 24.2 Å². The van der Waals surface area contributed by atoms with Gasteiger partial charge in [-0.25, -0.2) is 4.79 Å². The number of amides is 2. The Morgan fingerprint density at radius 3 is 2.26 bits per heavy atom. The van der Waals surface area contributed by atoms with Crippen LogP contribution in [-0.2, 0) is 14.3 Å². The monoisotopic (exact) mass is 462 g/mol. The zero-order valence-electron chi connectivity index (χ0n) is 19.3. The largest absolute Gasteiger partial charge is 0.481 e. The highest BCUT2D eigenvalue weighted by Crippen LogP contribution is 2.44. The number of nitrogens with zero attached hydrogens (tertiary/aromatic N) is 1. The smallest absolute Gasteiger partial charge is 0.407 e. The van der Waals surface area contributed by atoms with Gasteiger partial charge in [-0.05, 0) is 35.1 Å². The van der Waals surface area contributed by atoms with Gasteiger partial charge in [-0.15, -0.1) is 0 Å². The van der Waals surface area contributed by atoms with E-state index in [1.54, 1.807) is 11.8 Å². The molecule has 2 fully saturated rings. The Balaban J connectivity index is 1.17. The maximum Gasteiger partial charge on any atom is 0.407 e. The first kappa shape index (κ1) is 22.4. The van der Waals surface area contributed by atoms with E-state index in [9.17, 15) is 14.4 Å². The molecular formula is C27H30N2O5. The molecule has 2 amide bonds. The summed E-state index contributed by atoms with van der Waals surface area (Å²) in [4.78, 5) is 38.6. The number of rotatable bonds is 6. The first-order valence-electron chi connectivity index (χ1n) is 12.1. The molecule has 2 N–H and O–H groups in total. The van der Waals surface area contributed by atoms with Gasteiger partial charge in [0, 0.05) is 31.0 Å². The fourth-order valence-electron chi connectivity index (χ4n) is 5.66. The third kappa shape index (κ3) is 4.04. The number of carbonyl (C=O) groups is 3. The van der Waals surface area contributed by atoms with Gasteiger partial charge in [-0.3, -0.25) is 9.59 Å². The number of ether oxygens (including phenoxy) is 1. The lowest BCUT2D eigenvalue weighted by Gasteiger charge is -2.43. The van der Waals surface area contributed by atoms with Gasteiger partial charge in [0.15, 0.2) is 0 Å². The van der Waals surface area contributed by atoms with Crippen molar-refractivity contribution in [2.45, 2.75) is 38.1 Å². The molecule has 1 saturated heterocycles. The molecule has 178 valence electrons. The number of carbonyl (C=O) groups excluding carboxylic acids is 2. The van der Waals surface area contributed by atoms with Crippen LogP contribution in [0.25, 0.3) is 11.1 Å². The van der Waals surface area contributed by atoms with E-state index in [0.29, 0.717) is 13.1 Å². The summed E-state index contributed by atoms with van der Waals surface area (Å²) in [6, 6.07) is 16.2. The third-order valence-electron chi connectivity index (χ3n) is 7.80. The molecule has 0 bridgehead atoms. The van der Waals surface area contributed by atoms with Gasteiger partial charge in [0.2, 0.25) is 5.91 Å². The molecule has 1 aliphatic heterocycles. The minimum absolute atomic E-state index is 0.00334. The quantitative estimate of drug-likeness (QED) is 0.679. The maximum atomic E-state index is 13.0. The van der Waals surface area contributed by atoms with Gasteiger partial charge >= 0.3 is 12.1 Å². The Labute approximate surface area is 199 Å². The van der Waals surface area contributed by atoms with Gasteiger partial charge in [0.25, 0.3) is 0 Å². The molecule has 7 heteroatoms. The second kappa shape index (κ2) is 9.12. The summed E-state index contributed by atoms with van der Waals surface area (Å²) in [5.74, 6) is -1.56. The number of alkyl carbamates (subject to hydrolysis) is 1. The van der Waals surface area contributed by atoms with Gasteiger partial charge in [-0.2, -0.15) is 0 Å². The predicted molar refractivity (Wildman–Crippen MR) is 126 cm³/mol. The molecule has 0 aromatic heterocycles. The van der Waals surface area contributed by atoms with Crippen LogP contribution in [0.15, 0.2) is 48.5 Å². The SMILES string of the molecule is CC(C(=O)O)C1CN(C(=O)[C@H]2CCC[C@H]2NC(=O)OCC2c3ccccc3-c3ccccc32)C1. The van der Waals surface area contributed by atoms with E-state index in [2.05, 4.69) is 29.6 Å². The lowest BCUT2D eigenvalue weighted by molar-refractivity contribution is -0.152. The molecule has 7 nitrogen and oxygen atoms in total. The number of fused-ring (bicyclic) bond motifs is 3. The summed E-state index contributed by atoms with van der Waals surface area (Å²) in [7, 11) is 0. The van der Waals surface area contributed by atoms with Crippen molar-refractivity contribution in [1.82, 2.24) is 10.2 Å². The number of hydrogen-bond acceptors (Lipinski definition) is 4. The van der Waals surface area contributed by atoms with Gasteiger partial charge in [-0.1, -0.05) is 61.9 Å². The number of hydrogen-bond donors (Lipinski definition) is 2. The van der Waals surface area contributed by atoms with E-state index >= 15 is 0 Å². The van der Waals surface area contributed by atoms with Crippen LogP contribution in [0, 0.1) is 17.8 Å². The minimum Gasteiger partial charge on any atom is -0.481 e. The van der Waals surface area contributed by atoms with E-state index in [1.807, 2.05) is 24.3 Å². The number of carboxylic acid groups (broad SMARTS) is 1. The Bertz CT molecular complexity index is 1060. The van der Waals surface area contributed by atoms with Crippen molar-refractivity contribution in [2.24, 2.45) is 17.8 Å². The molecule has 3 aliphatic rings. The van der Waals surface area contributed by atoms with E-state index in [1.165, 1.54) is 11.1 Å². The van der Waals surface area contributed by atoms with Crippen LogP contribution in [0.5, 0.6) is 0 Å². The zero-order chi connectivity index (χ0) is 23.8. The summed E-state index contributed by atoms with van der Waals surface area (Å²) in [5.41, 5.74) is 4.68. The first-order chi connectivity index (χ1) is 16.4. The molecule has 1 heterocycles. The van der Waals surface area contributed by atoms with E-state index in [4.69, 9.17) is 9.84 Å². The molecule has 2 aliphatic carbocycles. The molecule has 1 unspecified atom stereocenters. The van der Waals surface area contributed by atoms with Gasteiger partial charge in [0.1, 0.15) is 6.61 Å². The zero-order valence-corrected chi connectivity index (χ0v) is 19.3. The van der Waals surface area contributed by atoms with Gasteiger partial charge in [0.05, 0.1) is 11.8 Å². The lowest BCUT2D eigenvalue weighted by Crippen LogP contribution is -2.57. The number of carboxylic acids is 1. The fraction of sp³-hybridized carbons (Fsp3) is 0.444. The molecule has 2 aromatic carbocycles. The van der Waals surface area contributed by atoms with Crippen LogP contribution in [0.3, 0.4) is 0 Å². The molecule has 2 aromatic rings. The number of benzene rings is 2. The van der Waals surface area contributed by atoms with Crippen molar-refractivity contribution in [3.63, 3.8) is 0 Å². The Kier molecular flexibility index (Phi) is 6.02. The van der Waals surface area contributed by atoms with Crippen molar-refractivity contribution in [3.8, 4) is 11.1 Å². The maximum absolute atomic E-state index is 13.0. The normalized spacial score (nSPS) is 22.4. The van der Waals surface area contributed by atoms with Crippen LogP contribution < -0.4 is 5.32 Å². The highest BCUT2D eigenvalue weighted by atomic mass is 16.5. The molecular weight excluding hydrogens is 432 g/mol. The predicted octanol–water partition coefficient (Wildman–Crippen LogP) is 3.87. The van der Waals surface area contributed by atoms with Crippen LogP contribution in [0.2, 0.25) is 0 Å². The molecule has 34 heavy (non-hydrogen) atoms. The number of aliphatic carboxylic acids is 1. The average molecular weight is 463 g/mol. The number of likely N-dealkylation sites (tertiary alicyclic amines) is 1. The topological polar surface area (TPSA) is 95.9 Å². The van der Waals surface area contributed by atoms with E-state index in [0.717, 1.165) is 30.4 Å². The summed E-state index contributed by atoms with van der Waals surface area (Å²) < 4.78 is 5.67. The van der Waals surface area contributed by atoms with E-state index in [-0.39, 0.29) is 36.3 Å². The van der Waals surface area contributed by atoms with Crippen molar-refractivity contribution >= 4 is 18.0 Å². The van der Waals surface area contributed by atoms with Crippen molar-refractivity contribution in [1.29, 1.82) is 0 Å². The van der Waals surface area contributed by atoms with E-state index < -0.39 is 18.0 Å². The van der Waals surface area contributed by atoms with Crippen molar-refractivity contribution in [3.05, 3.63) is 59.7 Å². The first-order valence-corrected chi connectivity index (χ1v) is 12.1. The van der Waals surface area contributed by atoms with Crippen LogP contribution in [0.4, 0.5) is 4.79 Å². The molecule has 5 rings (SSSR count). The fourth-order valence-corrected chi connectivity index (χ4v) is 5.66. The Morgan fingerprint density at radius 2 is 1.65 bits per heavy atom. The van der Waals surface area contributed by atoms with Crippen molar-refractivity contribution in [2.75, 3.05) is 19.7 Å². The third-order valence-corrected chi connectivity index (χ3v) is 7.80. The highest BCUT2D eigenvalue weighted by molar-refractivity contribution is 5.82. The van der Waals surface area contributed by atoms with Gasteiger partial charge < -0.3 is 20.1 Å². The summed E-state index contributed by atoms with van der Waals surface area (Å²) in [6.45, 7) is 2.87. The second-order valence-corrected chi connectivity index (χ2v) is 9.74. The minimum atomic E-state index is -0.826. The standard InChI is InChI=1S/C27H30N2O5/c1-16(26(31)32)17-13-29(14-17)25(30)22-11-6-12-24(22)28-27(33)34-15-23-20-9-4-2-7-18(20)19-8-3-5-10-21(19)23/h2-5,7-10,16-17,22-24H,6,11-15H2,1H3,(H,28,33)(H,31,32)/t16?,22-,24+/m0/s1. The molecule has 3 atom stereocenters. The summed E-state index contributed by atoms with van der Waals surface area (Å²) >= 11 is 0. The summed E-state index contributed by atoms with van der Waals surface area (Å²) in [6.07, 6.45) is 1.84. The second-order valence-electron chi connectivity index (χ2n) is 9.74. The Hall–Kier alpha value is -3.35. The van der Waals surface area contributed by atoms with Crippen LogP contribution in [-0.4, -0.2) is 53.7 Å². The molecule has 0 spiro atoms. The Morgan fingerprint density at radius 1 is 1.03 bits per heavy atom. The van der Waals surface area contributed by atoms with Crippen LogP contribution in [0.1, 0.15) is 43.2 Å². The lowest BCUT2D eigenvalue weighted by atomic mass is 9.85. The van der Waals surface area contributed by atoms with Crippen LogP contribution >= 0.6 is 0 Å².